The van der Waals surface area contributed by atoms with E-state index in [9.17, 15) is 13.0 Å². The van der Waals surface area contributed by atoms with Crippen LogP contribution in [0.5, 0.6) is 0 Å². The van der Waals surface area contributed by atoms with Crippen LogP contribution in [0.3, 0.4) is 0 Å². The molecule has 0 radical (unpaired) electrons. The second-order valence-corrected chi connectivity index (χ2v) is 12.9. The van der Waals surface area contributed by atoms with E-state index in [0.717, 1.165) is 16.2 Å². The van der Waals surface area contributed by atoms with Crippen LogP contribution in [0.2, 0.25) is 0 Å². The maximum Gasteiger partial charge on any atom is 0.201 e. The normalized spacial score (nSPS) is 12.3. The van der Waals surface area contributed by atoms with E-state index in [1.165, 1.54) is 5.41 Å². The summed E-state index contributed by atoms with van der Waals surface area (Å²) < 4.78 is 40.2. The van der Waals surface area contributed by atoms with Gasteiger partial charge in [0.2, 0.25) is 9.84 Å². The van der Waals surface area contributed by atoms with Gasteiger partial charge in [-0.2, -0.15) is 0 Å². The van der Waals surface area contributed by atoms with Gasteiger partial charge >= 0.3 is 0 Å². The molecule has 0 aliphatic rings. The van der Waals surface area contributed by atoms with Crippen molar-refractivity contribution in [3.63, 3.8) is 0 Å². The highest BCUT2D eigenvalue weighted by molar-refractivity contribution is 7.94. The third kappa shape index (κ3) is 6.19. The van der Waals surface area contributed by atoms with Crippen LogP contribution >= 0.6 is 7.14 Å². The van der Waals surface area contributed by atoms with Gasteiger partial charge in [0, 0.05) is 23.3 Å². The first-order valence-corrected chi connectivity index (χ1v) is 14.9. The van der Waals surface area contributed by atoms with Gasteiger partial charge in [-0.3, -0.25) is 0 Å². The zero-order valence-corrected chi connectivity index (χ0v) is 21.0. The van der Waals surface area contributed by atoms with Crippen molar-refractivity contribution in [3.05, 3.63) is 132 Å². The van der Waals surface area contributed by atoms with E-state index in [2.05, 4.69) is 5.32 Å². The molecule has 0 saturated carbocycles. The van der Waals surface area contributed by atoms with E-state index in [1.807, 2.05) is 91.0 Å². The molecule has 0 heterocycles. The van der Waals surface area contributed by atoms with Crippen molar-refractivity contribution in [2.75, 3.05) is 12.7 Å². The summed E-state index contributed by atoms with van der Waals surface area (Å²) in [4.78, 5) is 0.243. The van der Waals surface area contributed by atoms with Gasteiger partial charge in [0.1, 0.15) is 7.14 Å². The molecule has 4 aromatic rings. The average Bonchev–Trinajstić information content (AvgIpc) is 2.92. The summed E-state index contributed by atoms with van der Waals surface area (Å²) in [7, 11) is -6.46. The van der Waals surface area contributed by atoms with Gasteiger partial charge in [-0.15, -0.1) is 0 Å². The van der Waals surface area contributed by atoms with Crippen LogP contribution < -0.4 is 15.9 Å². The molecule has 0 fully saturated rings. The molecule has 0 bridgehead atoms. The van der Waals surface area contributed by atoms with E-state index < -0.39 is 17.0 Å². The smallest absolute Gasteiger partial charge is 0.201 e. The first-order chi connectivity index (χ1) is 17.0. The molecule has 4 rings (SSSR count). The number of rotatable bonds is 10. The Labute approximate surface area is 207 Å². The van der Waals surface area contributed by atoms with E-state index in [0.29, 0.717) is 24.8 Å². The number of hydrogen-bond donors (Lipinski definition) is 1. The summed E-state index contributed by atoms with van der Waals surface area (Å²) in [6.07, 6.45) is 1.08. The number of benzene rings is 4. The third-order valence-corrected chi connectivity index (χ3v) is 10.4. The molecule has 0 aromatic heterocycles. The molecule has 0 aliphatic carbocycles. The fourth-order valence-electron chi connectivity index (χ4n) is 3.93. The Morgan fingerprint density at radius 2 is 1.14 bits per heavy atom. The second-order valence-electron chi connectivity index (χ2n) is 8.17. The monoisotopic (exact) mass is 501 g/mol. The summed E-state index contributed by atoms with van der Waals surface area (Å²) in [5.74, 6) is 0. The van der Waals surface area contributed by atoms with Crippen molar-refractivity contribution in [1.82, 2.24) is 5.32 Å². The molecule has 0 saturated heterocycles. The van der Waals surface area contributed by atoms with Crippen LogP contribution in [0.1, 0.15) is 12.0 Å². The van der Waals surface area contributed by atoms with Gasteiger partial charge in [-0.25, -0.2) is 8.42 Å². The number of sulfone groups is 1. The lowest BCUT2D eigenvalue weighted by molar-refractivity contribution is 0.584. The van der Waals surface area contributed by atoms with Crippen LogP contribution in [0.15, 0.2) is 132 Å². The van der Waals surface area contributed by atoms with Crippen LogP contribution in [0, 0.1) is 0 Å². The SMILES string of the molecule is O=P(CCCN/C(=C/S(=O)(=O)c1ccccc1)c1ccccc1)(c1ccccc1)c1ccccc1. The predicted molar refractivity (Wildman–Crippen MR) is 145 cm³/mol. The van der Waals surface area contributed by atoms with Gasteiger partial charge in [0.05, 0.1) is 16.0 Å². The Morgan fingerprint density at radius 3 is 1.66 bits per heavy atom. The number of hydrogen-bond acceptors (Lipinski definition) is 4. The van der Waals surface area contributed by atoms with Gasteiger partial charge < -0.3 is 9.88 Å². The molecule has 4 nitrogen and oxygen atoms in total. The van der Waals surface area contributed by atoms with Crippen molar-refractivity contribution in [3.8, 4) is 0 Å². The van der Waals surface area contributed by atoms with E-state index in [4.69, 9.17) is 0 Å². The number of nitrogens with one attached hydrogen (secondary N) is 1. The first-order valence-electron chi connectivity index (χ1n) is 11.5. The molecule has 6 heteroatoms. The average molecular weight is 502 g/mol. The Kier molecular flexibility index (Phi) is 8.02. The summed E-state index contributed by atoms with van der Waals surface area (Å²) in [5.41, 5.74) is 1.30. The second kappa shape index (κ2) is 11.4. The van der Waals surface area contributed by atoms with Crippen LogP contribution in [0.4, 0.5) is 0 Å². The summed E-state index contributed by atoms with van der Waals surface area (Å²) in [6.45, 7) is 0.481. The standard InChI is InChI=1S/C29H28NO3PS/c31-34(26-16-7-2-8-17-26,27-18-9-3-10-19-27)23-13-22-30-29(25-14-5-1-6-15-25)24-35(32,33)28-20-11-4-12-21-28/h1-12,14-21,24,30H,13,22-23H2/b29-24+. The summed E-state index contributed by atoms with van der Waals surface area (Å²) >= 11 is 0. The Bertz CT molecular complexity index is 1360. The predicted octanol–water partition coefficient (Wildman–Crippen LogP) is 5.45. The van der Waals surface area contributed by atoms with Crippen molar-refractivity contribution in [2.24, 2.45) is 0 Å². The van der Waals surface area contributed by atoms with Gasteiger partial charge in [0.25, 0.3) is 0 Å². The van der Waals surface area contributed by atoms with Crippen molar-refractivity contribution in [1.29, 1.82) is 0 Å². The van der Waals surface area contributed by atoms with Crippen LogP contribution in [-0.4, -0.2) is 21.1 Å². The quantitative estimate of drug-likeness (QED) is 0.232. The highest BCUT2D eigenvalue weighted by Crippen LogP contribution is 2.43. The first kappa shape index (κ1) is 24.7. The molecular weight excluding hydrogens is 473 g/mol. The minimum absolute atomic E-state index is 0.243. The largest absolute Gasteiger partial charge is 0.384 e. The Hall–Kier alpha value is -3.40. The minimum Gasteiger partial charge on any atom is -0.384 e. The Morgan fingerprint density at radius 1 is 0.686 bits per heavy atom. The molecule has 0 aliphatic heterocycles. The van der Waals surface area contributed by atoms with E-state index in [1.54, 1.807) is 30.3 Å². The maximum atomic E-state index is 14.2. The summed E-state index contributed by atoms with van der Waals surface area (Å²) in [5, 5.41) is 6.24. The van der Waals surface area contributed by atoms with Gasteiger partial charge in [-0.05, 0) is 24.1 Å². The van der Waals surface area contributed by atoms with Crippen LogP contribution in [0.25, 0.3) is 5.70 Å². The fraction of sp³-hybridized carbons (Fsp3) is 0.103. The molecule has 178 valence electrons. The van der Waals surface area contributed by atoms with Crippen molar-refractivity contribution < 1.29 is 13.0 Å². The molecule has 35 heavy (non-hydrogen) atoms. The van der Waals surface area contributed by atoms with E-state index in [-0.39, 0.29) is 4.90 Å². The fourth-order valence-corrected chi connectivity index (χ4v) is 7.86. The molecule has 0 unspecified atom stereocenters. The minimum atomic E-state index is -3.64. The molecule has 1 N–H and O–H groups in total. The highest BCUT2D eigenvalue weighted by Gasteiger charge is 2.26. The zero-order chi connectivity index (χ0) is 24.6. The zero-order valence-electron chi connectivity index (χ0n) is 19.3. The van der Waals surface area contributed by atoms with Crippen molar-refractivity contribution >= 4 is 33.3 Å². The van der Waals surface area contributed by atoms with Crippen LogP contribution in [-0.2, 0) is 14.4 Å². The maximum absolute atomic E-state index is 14.2. The summed E-state index contributed by atoms with van der Waals surface area (Å²) in [6, 6.07) is 36.9. The van der Waals surface area contributed by atoms with Crippen molar-refractivity contribution in [2.45, 2.75) is 11.3 Å². The topological polar surface area (TPSA) is 63.2 Å². The lowest BCUT2D eigenvalue weighted by Gasteiger charge is -2.20. The third-order valence-electron chi connectivity index (χ3n) is 5.74. The molecular formula is C29H28NO3PS. The highest BCUT2D eigenvalue weighted by atomic mass is 32.2. The molecule has 0 spiro atoms. The lowest BCUT2D eigenvalue weighted by Crippen LogP contribution is -2.22. The molecule has 0 amide bonds. The van der Waals surface area contributed by atoms with Gasteiger partial charge in [-0.1, -0.05) is 109 Å². The lowest BCUT2D eigenvalue weighted by atomic mass is 10.2. The molecule has 4 aromatic carbocycles. The van der Waals surface area contributed by atoms with Gasteiger partial charge in [0.15, 0.2) is 0 Å². The Balaban J connectivity index is 1.55. The van der Waals surface area contributed by atoms with E-state index >= 15 is 0 Å². The molecule has 0 atom stereocenters.